The summed E-state index contributed by atoms with van der Waals surface area (Å²) in [7, 11) is 0. The first kappa shape index (κ1) is 25.8. The lowest BCUT2D eigenvalue weighted by Gasteiger charge is -2.27. The summed E-state index contributed by atoms with van der Waals surface area (Å²) in [6.45, 7) is 4.87. The third kappa shape index (κ3) is 6.10. The minimum atomic E-state index is -1.10. The molecule has 1 aromatic carbocycles. The van der Waals surface area contributed by atoms with Crippen molar-refractivity contribution in [2.45, 2.75) is 62.3 Å². The minimum Gasteiger partial charge on any atom is -0.379 e. The molecular weight excluding hydrogens is 473 g/mol. The number of fused-ring (bicyclic) bond motifs is 1. The van der Waals surface area contributed by atoms with Crippen molar-refractivity contribution < 1.29 is 28.3 Å². The van der Waals surface area contributed by atoms with E-state index in [0.717, 1.165) is 62.8 Å². The summed E-state index contributed by atoms with van der Waals surface area (Å²) in [4.78, 5) is 53.5. The van der Waals surface area contributed by atoms with E-state index in [9.17, 15) is 23.6 Å². The van der Waals surface area contributed by atoms with Crippen LogP contribution in [0, 0.1) is 5.82 Å². The molecule has 0 aliphatic carbocycles. The van der Waals surface area contributed by atoms with Gasteiger partial charge in [-0.2, -0.15) is 0 Å². The number of thioether (sulfide) groups is 1. The number of unbranched alkanes of at least 4 members (excludes halogenated alkanes) is 5. The maximum absolute atomic E-state index is 14.5. The van der Waals surface area contributed by atoms with Gasteiger partial charge in [-0.3, -0.25) is 34.3 Å². The predicted molar refractivity (Wildman–Crippen MR) is 129 cm³/mol. The van der Waals surface area contributed by atoms with Gasteiger partial charge in [-0.25, -0.2) is 4.39 Å². The van der Waals surface area contributed by atoms with Crippen LogP contribution in [0.2, 0.25) is 0 Å². The molecule has 0 bridgehead atoms. The normalized spacial score (nSPS) is 20.9. The highest BCUT2D eigenvalue weighted by molar-refractivity contribution is 7.99. The van der Waals surface area contributed by atoms with Gasteiger partial charge in [0.2, 0.25) is 11.8 Å². The van der Waals surface area contributed by atoms with Crippen molar-refractivity contribution in [3.8, 4) is 0 Å². The number of nitrogens with one attached hydrogen (secondary N) is 1. The van der Waals surface area contributed by atoms with Gasteiger partial charge in [-0.15, -0.1) is 11.8 Å². The lowest BCUT2D eigenvalue weighted by Crippen LogP contribution is -2.54. The second-order valence-corrected chi connectivity index (χ2v) is 10.3. The van der Waals surface area contributed by atoms with E-state index in [0.29, 0.717) is 4.90 Å². The van der Waals surface area contributed by atoms with Crippen LogP contribution < -0.4 is 5.32 Å². The summed E-state index contributed by atoms with van der Waals surface area (Å²) in [5.74, 6) is -2.63. The van der Waals surface area contributed by atoms with Crippen molar-refractivity contribution in [1.82, 2.24) is 15.1 Å². The molecule has 1 unspecified atom stereocenters. The zero-order valence-corrected chi connectivity index (χ0v) is 20.7. The van der Waals surface area contributed by atoms with E-state index in [1.165, 1.54) is 43.2 Å². The number of piperidine rings is 1. The molecule has 0 aromatic heterocycles. The molecule has 4 amide bonds. The van der Waals surface area contributed by atoms with Crippen molar-refractivity contribution in [3.05, 3.63) is 29.1 Å². The summed E-state index contributed by atoms with van der Waals surface area (Å²) >= 11 is 1.44. The third-order valence-electron chi connectivity index (χ3n) is 6.73. The molecule has 0 spiro atoms. The lowest BCUT2D eigenvalue weighted by atomic mass is 10.0. The van der Waals surface area contributed by atoms with Gasteiger partial charge in [0.05, 0.1) is 24.3 Å². The average molecular weight is 506 g/mol. The Morgan fingerprint density at radius 3 is 2.37 bits per heavy atom. The van der Waals surface area contributed by atoms with Gasteiger partial charge < -0.3 is 4.74 Å². The van der Waals surface area contributed by atoms with Crippen LogP contribution in [0.4, 0.5) is 4.39 Å². The molecule has 3 heterocycles. The molecule has 35 heavy (non-hydrogen) atoms. The van der Waals surface area contributed by atoms with Crippen LogP contribution in [0.3, 0.4) is 0 Å². The molecule has 1 N–H and O–H groups in total. The Morgan fingerprint density at radius 1 is 0.943 bits per heavy atom. The minimum absolute atomic E-state index is 0.0289. The van der Waals surface area contributed by atoms with E-state index in [-0.39, 0.29) is 24.0 Å². The molecule has 190 valence electrons. The highest BCUT2D eigenvalue weighted by Crippen LogP contribution is 2.36. The molecule has 4 rings (SSSR count). The summed E-state index contributed by atoms with van der Waals surface area (Å²) in [6, 6.07) is 1.64. The van der Waals surface area contributed by atoms with Gasteiger partial charge in [-0.1, -0.05) is 25.7 Å². The SMILES string of the molecule is O=C1CCC(N2C(=O)c3c(F)ccc(SCCCCCCCCN4CCOCC4)c3C2=O)C(=O)N1. The fourth-order valence-electron chi connectivity index (χ4n) is 4.80. The fourth-order valence-corrected chi connectivity index (χ4v) is 5.86. The third-order valence-corrected chi connectivity index (χ3v) is 7.88. The zero-order chi connectivity index (χ0) is 24.8. The number of amides is 4. The molecule has 8 nitrogen and oxygen atoms in total. The molecule has 3 aliphatic heterocycles. The number of benzene rings is 1. The average Bonchev–Trinajstić information content (AvgIpc) is 3.11. The number of morpholine rings is 1. The standard InChI is InChI=1S/C25H32FN3O5S/c26-17-7-9-19(35-16-6-4-2-1-3-5-11-28-12-14-34-15-13-28)22-21(17)24(32)29(25(22)33)18-8-10-20(30)27-23(18)31/h7,9,18H,1-6,8,10-16H2,(H,27,30,31). The molecule has 0 saturated carbocycles. The Labute approximate surface area is 208 Å². The first-order valence-corrected chi connectivity index (χ1v) is 13.4. The number of halogens is 1. The maximum Gasteiger partial charge on any atom is 0.265 e. The Balaban J connectivity index is 1.24. The summed E-state index contributed by atoms with van der Waals surface area (Å²) < 4.78 is 19.9. The number of rotatable bonds is 11. The molecule has 2 saturated heterocycles. The Morgan fingerprint density at radius 2 is 1.63 bits per heavy atom. The van der Waals surface area contributed by atoms with Crippen molar-refractivity contribution in [1.29, 1.82) is 0 Å². The molecule has 10 heteroatoms. The topological polar surface area (TPSA) is 96.0 Å². The number of carbonyl (C=O) groups excluding carboxylic acids is 4. The largest absolute Gasteiger partial charge is 0.379 e. The Hall–Kier alpha value is -2.30. The molecule has 1 atom stereocenters. The zero-order valence-electron chi connectivity index (χ0n) is 19.9. The van der Waals surface area contributed by atoms with Gasteiger partial charge >= 0.3 is 0 Å². The fraction of sp³-hybridized carbons (Fsp3) is 0.600. The van der Waals surface area contributed by atoms with Crippen LogP contribution in [0.5, 0.6) is 0 Å². The number of hydrogen-bond donors (Lipinski definition) is 1. The summed E-state index contributed by atoms with van der Waals surface area (Å²) in [5, 5.41) is 2.16. The first-order chi connectivity index (χ1) is 17.0. The Kier molecular flexibility index (Phi) is 8.91. The number of nitrogens with zero attached hydrogens (tertiary/aromatic N) is 2. The number of carbonyl (C=O) groups is 4. The van der Waals surface area contributed by atoms with Crippen molar-refractivity contribution in [2.75, 3.05) is 38.6 Å². The smallest absolute Gasteiger partial charge is 0.265 e. The van der Waals surface area contributed by atoms with E-state index in [4.69, 9.17) is 4.74 Å². The van der Waals surface area contributed by atoms with Gasteiger partial charge in [0.15, 0.2) is 0 Å². The van der Waals surface area contributed by atoms with Gasteiger partial charge in [0.1, 0.15) is 11.9 Å². The summed E-state index contributed by atoms with van der Waals surface area (Å²) in [5.41, 5.74) is -0.238. The molecule has 1 aromatic rings. The van der Waals surface area contributed by atoms with Crippen LogP contribution in [0.15, 0.2) is 17.0 Å². The lowest BCUT2D eigenvalue weighted by molar-refractivity contribution is -0.136. The Bertz CT molecular complexity index is 982. The maximum atomic E-state index is 14.5. The molecule has 2 fully saturated rings. The number of ether oxygens (including phenoxy) is 1. The predicted octanol–water partition coefficient (Wildman–Crippen LogP) is 2.99. The van der Waals surface area contributed by atoms with Crippen molar-refractivity contribution >= 4 is 35.4 Å². The van der Waals surface area contributed by atoms with E-state index < -0.39 is 35.5 Å². The molecule has 0 radical (unpaired) electrons. The van der Waals surface area contributed by atoms with Crippen LogP contribution >= 0.6 is 11.8 Å². The summed E-state index contributed by atoms with van der Waals surface area (Å²) in [6.07, 6.45) is 6.86. The van der Waals surface area contributed by atoms with Crippen LogP contribution in [0.1, 0.15) is 72.1 Å². The second-order valence-electron chi connectivity index (χ2n) is 9.17. The van der Waals surface area contributed by atoms with Gasteiger partial charge in [0.25, 0.3) is 11.8 Å². The number of hydrogen-bond acceptors (Lipinski definition) is 7. The van der Waals surface area contributed by atoms with Crippen molar-refractivity contribution in [2.24, 2.45) is 0 Å². The van der Waals surface area contributed by atoms with E-state index in [2.05, 4.69) is 10.2 Å². The number of imide groups is 2. The first-order valence-electron chi connectivity index (χ1n) is 12.4. The van der Waals surface area contributed by atoms with Crippen LogP contribution in [0.25, 0.3) is 0 Å². The van der Waals surface area contributed by atoms with Gasteiger partial charge in [0, 0.05) is 24.4 Å². The van der Waals surface area contributed by atoms with E-state index >= 15 is 0 Å². The highest BCUT2D eigenvalue weighted by atomic mass is 32.2. The van der Waals surface area contributed by atoms with E-state index in [1.54, 1.807) is 0 Å². The highest BCUT2D eigenvalue weighted by Gasteiger charge is 2.47. The van der Waals surface area contributed by atoms with Crippen molar-refractivity contribution in [3.63, 3.8) is 0 Å². The van der Waals surface area contributed by atoms with Crippen LogP contribution in [-0.4, -0.2) is 78.1 Å². The molecule has 3 aliphatic rings. The van der Waals surface area contributed by atoms with Crippen LogP contribution in [-0.2, 0) is 14.3 Å². The molecular formula is C25H32FN3O5S. The van der Waals surface area contributed by atoms with Gasteiger partial charge in [-0.05, 0) is 43.7 Å². The van der Waals surface area contributed by atoms with E-state index in [1.807, 2.05) is 0 Å². The quantitative estimate of drug-likeness (QED) is 0.281. The second kappa shape index (κ2) is 12.1. The monoisotopic (exact) mass is 505 g/mol.